The minimum Gasteiger partial charge on any atom is -0.378 e. The summed E-state index contributed by atoms with van der Waals surface area (Å²) in [6.45, 7) is 2.44. The molecule has 3 aromatic rings. The molecule has 1 N–H and O–H groups in total. The highest BCUT2D eigenvalue weighted by Gasteiger charge is 2.41. The number of aromatic nitrogens is 2. The molecule has 1 aromatic carbocycles. The molecule has 6 heterocycles. The maximum Gasteiger partial charge on any atom is 0.261 e. The van der Waals surface area contributed by atoms with Crippen molar-refractivity contribution in [2.24, 2.45) is 9.98 Å². The van der Waals surface area contributed by atoms with E-state index in [4.69, 9.17) is 9.73 Å². The van der Waals surface area contributed by atoms with Crippen LogP contribution >= 0.6 is 0 Å². The number of amidine groups is 1. The summed E-state index contributed by atoms with van der Waals surface area (Å²) in [5, 5.41) is 12.0. The van der Waals surface area contributed by atoms with Gasteiger partial charge in [-0.3, -0.25) is 24.3 Å². The summed E-state index contributed by atoms with van der Waals surface area (Å²) in [5.41, 5.74) is 4.65. The lowest BCUT2D eigenvalue weighted by atomic mass is 9.94. The molecule has 1 unspecified atom stereocenters. The van der Waals surface area contributed by atoms with Gasteiger partial charge in [0.05, 0.1) is 53.7 Å². The van der Waals surface area contributed by atoms with Crippen LogP contribution in [0.15, 0.2) is 76.7 Å². The van der Waals surface area contributed by atoms with Crippen molar-refractivity contribution < 1.29 is 14.3 Å². The van der Waals surface area contributed by atoms with Crippen LogP contribution < -0.4 is 10.2 Å². The SMILES string of the molecule is N#CN=C(C1Cc2cccc3c2N1C=CN=C3C1=C(c2cnc3ccccn23)C(=O)NC1=O)N1CCOCC1. The van der Waals surface area contributed by atoms with Crippen LogP contribution in [-0.4, -0.2) is 70.0 Å². The number of benzene rings is 1. The Balaban J connectivity index is 1.36. The Bertz CT molecular complexity index is 1720. The van der Waals surface area contributed by atoms with Crippen molar-refractivity contribution in [1.82, 2.24) is 19.6 Å². The molecule has 7 rings (SSSR count). The number of morpholine rings is 1. The molecule has 0 saturated carbocycles. The van der Waals surface area contributed by atoms with Crippen molar-refractivity contribution in [3.05, 3.63) is 83.6 Å². The molecule has 4 aliphatic rings. The molecular weight excluding hydrogens is 496 g/mol. The molecule has 2 amide bonds. The van der Waals surface area contributed by atoms with Gasteiger partial charge in [-0.25, -0.2) is 4.98 Å². The molecule has 0 bridgehead atoms. The van der Waals surface area contributed by atoms with E-state index in [1.165, 1.54) is 0 Å². The summed E-state index contributed by atoms with van der Waals surface area (Å²) >= 11 is 0. The highest BCUT2D eigenvalue weighted by atomic mass is 16.5. The van der Waals surface area contributed by atoms with Crippen molar-refractivity contribution in [3.8, 4) is 6.19 Å². The number of carbonyl (C=O) groups excluding carboxylic acids is 2. The topological polar surface area (TPSA) is 128 Å². The molecule has 2 aromatic heterocycles. The van der Waals surface area contributed by atoms with Gasteiger partial charge in [0.2, 0.25) is 6.19 Å². The predicted octanol–water partition coefficient (Wildman–Crippen LogP) is 1.66. The molecule has 11 heteroatoms. The first kappa shape index (κ1) is 23.1. The number of hydrogen-bond donors (Lipinski definition) is 1. The summed E-state index contributed by atoms with van der Waals surface area (Å²) in [5.74, 6) is -0.321. The molecular formula is C28H22N8O3. The standard InChI is InChI=1S/C28H22N8O3/c29-16-32-26(34-10-12-39-13-11-34)19-14-17-4-3-5-18-24(30-7-9-36(19)25(17)18)23-22(27(37)33-28(23)38)20-15-31-21-6-1-2-8-35(20)21/h1-9,15,19H,10-14H2,(H,33,37,38). The Hall–Kier alpha value is -5.08. The minimum absolute atomic E-state index is 0.202. The molecule has 0 spiro atoms. The zero-order chi connectivity index (χ0) is 26.5. The first-order valence-corrected chi connectivity index (χ1v) is 12.6. The number of amides is 2. The molecule has 1 fully saturated rings. The molecule has 1 atom stereocenters. The van der Waals surface area contributed by atoms with Crippen LogP contribution in [-0.2, 0) is 20.7 Å². The van der Waals surface area contributed by atoms with E-state index in [0.717, 1.165) is 16.8 Å². The first-order chi connectivity index (χ1) is 19.2. The fraction of sp³-hybridized carbons (Fsp3) is 0.214. The third-order valence-electron chi connectivity index (χ3n) is 7.45. The van der Waals surface area contributed by atoms with E-state index >= 15 is 0 Å². The summed E-state index contributed by atoms with van der Waals surface area (Å²) < 4.78 is 7.29. The number of aliphatic imine (C=N–C) groups is 2. The number of para-hydroxylation sites is 1. The molecule has 192 valence electrons. The van der Waals surface area contributed by atoms with Gasteiger partial charge < -0.3 is 14.5 Å². The van der Waals surface area contributed by atoms with Gasteiger partial charge in [-0.1, -0.05) is 24.3 Å². The fourth-order valence-electron chi connectivity index (χ4n) is 5.80. The average Bonchev–Trinajstić information content (AvgIpc) is 3.58. The number of ether oxygens (including phenoxy) is 1. The van der Waals surface area contributed by atoms with Gasteiger partial charge in [0, 0.05) is 43.7 Å². The van der Waals surface area contributed by atoms with Crippen LogP contribution in [0.5, 0.6) is 0 Å². The average molecular weight is 519 g/mol. The highest BCUT2D eigenvalue weighted by molar-refractivity contribution is 6.47. The van der Waals surface area contributed by atoms with E-state index in [9.17, 15) is 14.9 Å². The van der Waals surface area contributed by atoms with Crippen LogP contribution in [0.4, 0.5) is 5.69 Å². The normalized spacial score (nSPS) is 20.7. The summed E-state index contributed by atoms with van der Waals surface area (Å²) in [7, 11) is 0. The quantitative estimate of drug-likeness (QED) is 0.242. The van der Waals surface area contributed by atoms with Gasteiger partial charge in [0.15, 0.2) is 0 Å². The van der Waals surface area contributed by atoms with Crippen LogP contribution in [0.1, 0.15) is 16.8 Å². The number of nitriles is 1. The second kappa shape index (κ2) is 9.04. The first-order valence-electron chi connectivity index (χ1n) is 12.6. The van der Waals surface area contributed by atoms with Crippen LogP contribution in [0.2, 0.25) is 0 Å². The van der Waals surface area contributed by atoms with Crippen LogP contribution in [0, 0.1) is 11.5 Å². The molecule has 4 aliphatic heterocycles. The highest BCUT2D eigenvalue weighted by Crippen LogP contribution is 2.40. The summed E-state index contributed by atoms with van der Waals surface area (Å²) in [6.07, 6.45) is 9.50. The summed E-state index contributed by atoms with van der Waals surface area (Å²) in [4.78, 5) is 43.9. The zero-order valence-corrected chi connectivity index (χ0v) is 20.7. The number of hydrogen-bond acceptors (Lipinski definition) is 8. The maximum absolute atomic E-state index is 13.3. The van der Waals surface area contributed by atoms with Crippen molar-refractivity contribution in [2.45, 2.75) is 12.5 Å². The number of rotatable bonds is 3. The second-order valence-electron chi connectivity index (χ2n) is 9.49. The monoisotopic (exact) mass is 518 g/mol. The number of carbonyl (C=O) groups is 2. The number of nitrogens with one attached hydrogen (secondary N) is 1. The summed E-state index contributed by atoms with van der Waals surface area (Å²) in [6, 6.07) is 11.2. The van der Waals surface area contributed by atoms with Crippen molar-refractivity contribution in [2.75, 3.05) is 31.2 Å². The van der Waals surface area contributed by atoms with Gasteiger partial charge in [-0.05, 0) is 17.7 Å². The third kappa shape index (κ3) is 3.57. The van der Waals surface area contributed by atoms with Crippen molar-refractivity contribution in [1.29, 1.82) is 5.26 Å². The van der Waals surface area contributed by atoms with E-state index in [1.807, 2.05) is 48.8 Å². The number of pyridine rings is 1. The molecule has 0 radical (unpaired) electrons. The van der Waals surface area contributed by atoms with E-state index in [0.29, 0.717) is 55.6 Å². The van der Waals surface area contributed by atoms with Gasteiger partial charge in [-0.15, -0.1) is 0 Å². The lowest BCUT2D eigenvalue weighted by Crippen LogP contribution is -2.50. The van der Waals surface area contributed by atoms with Crippen molar-refractivity contribution in [3.63, 3.8) is 0 Å². The van der Waals surface area contributed by atoms with Gasteiger partial charge >= 0.3 is 0 Å². The smallest absolute Gasteiger partial charge is 0.261 e. The Morgan fingerprint density at radius 3 is 2.79 bits per heavy atom. The molecule has 39 heavy (non-hydrogen) atoms. The van der Waals surface area contributed by atoms with Crippen molar-refractivity contribution >= 4 is 40.3 Å². The fourth-order valence-corrected chi connectivity index (χ4v) is 5.80. The zero-order valence-electron chi connectivity index (χ0n) is 20.7. The van der Waals surface area contributed by atoms with E-state index in [-0.39, 0.29) is 17.2 Å². The lowest BCUT2D eigenvalue weighted by Gasteiger charge is -2.35. The molecule has 11 nitrogen and oxygen atoms in total. The second-order valence-corrected chi connectivity index (χ2v) is 9.49. The third-order valence-corrected chi connectivity index (χ3v) is 7.45. The predicted molar refractivity (Wildman–Crippen MR) is 143 cm³/mol. The van der Waals surface area contributed by atoms with E-state index in [1.54, 1.807) is 23.0 Å². The number of fused-ring (bicyclic) bond motifs is 1. The Morgan fingerprint density at radius 2 is 1.95 bits per heavy atom. The number of imidazole rings is 1. The van der Waals surface area contributed by atoms with Crippen LogP contribution in [0.3, 0.4) is 0 Å². The molecule has 1 saturated heterocycles. The van der Waals surface area contributed by atoms with E-state index < -0.39 is 11.8 Å². The Labute approximate surface area is 223 Å². The maximum atomic E-state index is 13.3. The van der Waals surface area contributed by atoms with Crippen LogP contribution in [0.25, 0.3) is 11.2 Å². The van der Waals surface area contributed by atoms with Gasteiger partial charge in [0.1, 0.15) is 11.5 Å². The molecule has 0 aliphatic carbocycles. The van der Waals surface area contributed by atoms with Gasteiger partial charge in [-0.2, -0.15) is 10.3 Å². The Morgan fingerprint density at radius 1 is 1.10 bits per heavy atom. The van der Waals surface area contributed by atoms with E-state index in [2.05, 4.69) is 25.1 Å². The number of imide groups is 1. The lowest BCUT2D eigenvalue weighted by molar-refractivity contribution is -0.123. The van der Waals surface area contributed by atoms with Gasteiger partial charge in [0.25, 0.3) is 11.8 Å². The largest absolute Gasteiger partial charge is 0.378 e. The minimum atomic E-state index is -0.506. The number of nitrogens with zero attached hydrogens (tertiary/aromatic N) is 7. The Kier molecular flexibility index (Phi) is 5.35. The number of anilines is 1.